The average Bonchev–Trinajstić information content (AvgIpc) is 2.76. The Kier molecular flexibility index (Phi) is 4.18. The normalized spacial score (nSPS) is 17.4. The Bertz CT molecular complexity index is 922. The first kappa shape index (κ1) is 17.0. The minimum Gasteiger partial charge on any atom is -0.282 e. The van der Waals surface area contributed by atoms with Gasteiger partial charge in [0.05, 0.1) is 4.90 Å². The lowest BCUT2D eigenvalue weighted by Crippen LogP contribution is -2.14. The molecular formula is C19H18O3S2. The van der Waals surface area contributed by atoms with Crippen molar-refractivity contribution in [2.75, 3.05) is 6.26 Å². The molecule has 0 fully saturated rings. The van der Waals surface area contributed by atoms with Gasteiger partial charge in [0.25, 0.3) is 0 Å². The zero-order chi connectivity index (χ0) is 17.5. The van der Waals surface area contributed by atoms with Crippen molar-refractivity contribution in [2.24, 2.45) is 0 Å². The van der Waals surface area contributed by atoms with Crippen molar-refractivity contribution in [3.05, 3.63) is 65.7 Å². The van der Waals surface area contributed by atoms with Gasteiger partial charge in [-0.3, -0.25) is 4.79 Å². The van der Waals surface area contributed by atoms with Gasteiger partial charge in [-0.2, -0.15) is 0 Å². The summed E-state index contributed by atoms with van der Waals surface area (Å²) >= 11 is 1.31. The molecule has 0 amide bonds. The molecule has 0 atom stereocenters. The molecule has 2 aromatic carbocycles. The lowest BCUT2D eigenvalue weighted by Gasteiger charge is -2.21. The first-order valence-corrected chi connectivity index (χ1v) is 10.2. The summed E-state index contributed by atoms with van der Waals surface area (Å²) in [7, 11) is -3.24. The molecule has 0 unspecified atom stereocenters. The van der Waals surface area contributed by atoms with Crippen LogP contribution in [0, 0.1) is 0 Å². The van der Waals surface area contributed by atoms with Crippen molar-refractivity contribution in [1.29, 1.82) is 0 Å². The topological polar surface area (TPSA) is 51.2 Å². The molecule has 0 saturated carbocycles. The van der Waals surface area contributed by atoms with Crippen molar-refractivity contribution in [3.63, 3.8) is 0 Å². The number of hydrogen-bond donors (Lipinski definition) is 0. The first-order valence-electron chi connectivity index (χ1n) is 7.54. The SMILES string of the molecule is CC1(C)SC(=O)C(c2ccccc2)=C1c1ccc(S(C)(=O)=O)cc1. The molecule has 1 aliphatic heterocycles. The lowest BCUT2D eigenvalue weighted by atomic mass is 9.88. The summed E-state index contributed by atoms with van der Waals surface area (Å²) < 4.78 is 23.0. The third-order valence-electron chi connectivity index (χ3n) is 4.04. The molecule has 0 N–H and O–H groups in total. The number of benzene rings is 2. The molecule has 0 aromatic heterocycles. The van der Waals surface area contributed by atoms with Crippen LogP contribution in [0.15, 0.2) is 59.5 Å². The average molecular weight is 358 g/mol. The second-order valence-corrected chi connectivity index (χ2v) is 9.92. The van der Waals surface area contributed by atoms with Gasteiger partial charge in [-0.25, -0.2) is 8.42 Å². The molecule has 3 nitrogen and oxygen atoms in total. The van der Waals surface area contributed by atoms with Crippen LogP contribution in [0.5, 0.6) is 0 Å². The Morgan fingerprint density at radius 1 is 0.875 bits per heavy atom. The molecule has 5 heteroatoms. The highest BCUT2D eigenvalue weighted by Crippen LogP contribution is 2.51. The largest absolute Gasteiger partial charge is 0.282 e. The quantitative estimate of drug-likeness (QED) is 0.830. The van der Waals surface area contributed by atoms with E-state index in [1.165, 1.54) is 18.0 Å². The van der Waals surface area contributed by atoms with Crippen LogP contribution in [0.4, 0.5) is 0 Å². The van der Waals surface area contributed by atoms with E-state index >= 15 is 0 Å². The van der Waals surface area contributed by atoms with Gasteiger partial charge in [0.1, 0.15) is 0 Å². The molecule has 1 aliphatic rings. The van der Waals surface area contributed by atoms with Gasteiger partial charge in [-0.05, 0) is 42.7 Å². The van der Waals surface area contributed by atoms with Crippen molar-refractivity contribution in [1.82, 2.24) is 0 Å². The van der Waals surface area contributed by atoms with Crippen molar-refractivity contribution < 1.29 is 13.2 Å². The van der Waals surface area contributed by atoms with Gasteiger partial charge < -0.3 is 0 Å². The summed E-state index contributed by atoms with van der Waals surface area (Å²) in [6, 6.07) is 16.4. The Balaban J connectivity index is 2.21. The van der Waals surface area contributed by atoms with E-state index < -0.39 is 9.84 Å². The monoisotopic (exact) mass is 358 g/mol. The van der Waals surface area contributed by atoms with Crippen LogP contribution in [0.3, 0.4) is 0 Å². The van der Waals surface area contributed by atoms with Gasteiger partial charge in [0.2, 0.25) is 5.12 Å². The smallest absolute Gasteiger partial charge is 0.221 e. The first-order chi connectivity index (χ1) is 11.2. The number of rotatable bonds is 3. The predicted octanol–water partition coefficient (Wildman–Crippen LogP) is 4.05. The number of carbonyl (C=O) groups excluding carboxylic acids is 1. The van der Waals surface area contributed by atoms with Crippen LogP contribution in [-0.4, -0.2) is 24.5 Å². The van der Waals surface area contributed by atoms with Crippen LogP contribution >= 0.6 is 11.8 Å². The van der Waals surface area contributed by atoms with E-state index in [1.54, 1.807) is 24.3 Å². The molecule has 3 rings (SSSR count). The zero-order valence-electron chi connectivity index (χ0n) is 13.7. The van der Waals surface area contributed by atoms with E-state index in [1.807, 2.05) is 44.2 Å². The molecular weight excluding hydrogens is 340 g/mol. The molecule has 1 heterocycles. The third kappa shape index (κ3) is 3.06. The van der Waals surface area contributed by atoms with Gasteiger partial charge in [0.15, 0.2) is 9.84 Å². The zero-order valence-corrected chi connectivity index (χ0v) is 15.4. The van der Waals surface area contributed by atoms with Crippen LogP contribution in [0.1, 0.15) is 25.0 Å². The van der Waals surface area contributed by atoms with Crippen LogP contribution in [0.25, 0.3) is 11.1 Å². The summed E-state index contributed by atoms with van der Waals surface area (Å²) in [6.07, 6.45) is 1.19. The summed E-state index contributed by atoms with van der Waals surface area (Å²) in [5.74, 6) is 0. The van der Waals surface area contributed by atoms with Crippen molar-refractivity contribution in [3.8, 4) is 0 Å². The van der Waals surface area contributed by atoms with E-state index in [4.69, 9.17) is 0 Å². The molecule has 0 bridgehead atoms. The predicted molar refractivity (Wildman–Crippen MR) is 99.5 cm³/mol. The van der Waals surface area contributed by atoms with Gasteiger partial charge >= 0.3 is 0 Å². The van der Waals surface area contributed by atoms with Crippen molar-refractivity contribution >= 4 is 37.9 Å². The van der Waals surface area contributed by atoms with E-state index in [0.717, 1.165) is 16.7 Å². The van der Waals surface area contributed by atoms with Gasteiger partial charge in [0, 0.05) is 16.6 Å². The maximum Gasteiger partial charge on any atom is 0.221 e. The fourth-order valence-corrected chi connectivity index (χ4v) is 4.70. The molecule has 0 radical (unpaired) electrons. The number of thioether (sulfide) groups is 1. The molecule has 124 valence electrons. The standard InChI is InChI=1S/C19H18O3S2/c1-19(2)17(14-9-11-15(12-10-14)24(3,21)22)16(18(20)23-19)13-7-5-4-6-8-13/h4-12H,1-3H3. The second-order valence-electron chi connectivity index (χ2n) is 6.31. The highest BCUT2D eigenvalue weighted by atomic mass is 32.2. The fourth-order valence-electron chi connectivity index (χ4n) is 2.96. The molecule has 0 spiro atoms. The van der Waals surface area contributed by atoms with Crippen molar-refractivity contribution in [2.45, 2.75) is 23.5 Å². The maximum atomic E-state index is 12.6. The minimum atomic E-state index is -3.24. The molecule has 24 heavy (non-hydrogen) atoms. The fraction of sp³-hybridized carbons (Fsp3) is 0.211. The highest BCUT2D eigenvalue weighted by Gasteiger charge is 2.40. The summed E-state index contributed by atoms with van der Waals surface area (Å²) in [6.45, 7) is 4.04. The molecule has 0 aliphatic carbocycles. The summed E-state index contributed by atoms with van der Waals surface area (Å²) in [4.78, 5) is 12.9. The Hall–Kier alpha value is -1.85. The minimum absolute atomic E-state index is 0.0494. The van der Waals surface area contributed by atoms with Gasteiger partial charge in [-0.1, -0.05) is 54.2 Å². The van der Waals surface area contributed by atoms with E-state index in [2.05, 4.69) is 0 Å². The van der Waals surface area contributed by atoms with Crippen LogP contribution in [0.2, 0.25) is 0 Å². The van der Waals surface area contributed by atoms with Crippen LogP contribution in [-0.2, 0) is 14.6 Å². The summed E-state index contributed by atoms with van der Waals surface area (Å²) in [5.41, 5.74) is 3.42. The lowest BCUT2D eigenvalue weighted by molar-refractivity contribution is -0.106. The maximum absolute atomic E-state index is 12.6. The van der Waals surface area contributed by atoms with Gasteiger partial charge in [-0.15, -0.1) is 0 Å². The molecule has 2 aromatic rings. The second kappa shape index (κ2) is 5.90. The van der Waals surface area contributed by atoms with E-state index in [0.29, 0.717) is 5.57 Å². The highest BCUT2D eigenvalue weighted by molar-refractivity contribution is 8.17. The number of sulfone groups is 1. The number of hydrogen-bond acceptors (Lipinski definition) is 4. The number of carbonyl (C=O) groups is 1. The summed E-state index contributed by atoms with van der Waals surface area (Å²) in [5, 5.41) is 0.0494. The Morgan fingerprint density at radius 3 is 2.00 bits per heavy atom. The molecule has 0 saturated heterocycles. The Labute approximate surface area is 146 Å². The van der Waals surface area contributed by atoms with E-state index in [9.17, 15) is 13.2 Å². The van der Waals surface area contributed by atoms with Crippen LogP contribution < -0.4 is 0 Å². The van der Waals surface area contributed by atoms with E-state index in [-0.39, 0.29) is 14.8 Å². The third-order valence-corrected chi connectivity index (χ3v) is 6.27. The Morgan fingerprint density at radius 2 is 1.46 bits per heavy atom.